The molecule has 37 heavy (non-hydrogen) atoms. The summed E-state index contributed by atoms with van der Waals surface area (Å²) in [6.07, 6.45) is 3.03. The Hall–Kier alpha value is -3.74. The Morgan fingerprint density at radius 1 is 0.811 bits per heavy atom. The molecular formula is C31H30O6. The van der Waals surface area contributed by atoms with Crippen LogP contribution in [0.25, 0.3) is 6.08 Å². The lowest BCUT2D eigenvalue weighted by Gasteiger charge is -2.46. The third kappa shape index (κ3) is 4.59. The fourth-order valence-electron chi connectivity index (χ4n) is 5.69. The van der Waals surface area contributed by atoms with Crippen molar-refractivity contribution in [1.82, 2.24) is 0 Å². The molecule has 1 aliphatic carbocycles. The zero-order valence-corrected chi connectivity index (χ0v) is 20.9. The summed E-state index contributed by atoms with van der Waals surface area (Å²) in [6.45, 7) is 0. The molecule has 0 N–H and O–H groups in total. The maximum atomic E-state index is 13.2. The molecule has 1 aliphatic heterocycles. The van der Waals surface area contributed by atoms with Gasteiger partial charge in [0.2, 0.25) is 0 Å². The molecule has 6 heteroatoms. The van der Waals surface area contributed by atoms with Crippen molar-refractivity contribution in [3.8, 4) is 0 Å². The second-order valence-corrected chi connectivity index (χ2v) is 9.58. The Kier molecular flexibility index (Phi) is 6.96. The lowest BCUT2D eigenvalue weighted by Crippen LogP contribution is -2.46. The quantitative estimate of drug-likeness (QED) is 0.322. The first kappa shape index (κ1) is 24.9. The van der Waals surface area contributed by atoms with Gasteiger partial charge in [-0.2, -0.15) is 0 Å². The van der Waals surface area contributed by atoms with E-state index in [4.69, 9.17) is 18.9 Å². The molecule has 6 nitrogen and oxygen atoms in total. The van der Waals surface area contributed by atoms with Crippen LogP contribution in [0.2, 0.25) is 0 Å². The van der Waals surface area contributed by atoms with Crippen LogP contribution in [0.4, 0.5) is 0 Å². The third-order valence-electron chi connectivity index (χ3n) is 7.45. The largest absolute Gasteiger partial charge is 0.468 e. The van der Waals surface area contributed by atoms with Gasteiger partial charge in [0, 0.05) is 17.9 Å². The Morgan fingerprint density at radius 2 is 1.35 bits per heavy atom. The molecule has 1 saturated carbocycles. The molecule has 3 aromatic rings. The smallest absolute Gasteiger partial charge is 0.323 e. The van der Waals surface area contributed by atoms with Gasteiger partial charge in [-0.1, -0.05) is 103 Å². The topological polar surface area (TPSA) is 71.1 Å². The van der Waals surface area contributed by atoms with Crippen molar-refractivity contribution in [1.29, 1.82) is 0 Å². The maximum absolute atomic E-state index is 13.2. The van der Waals surface area contributed by atoms with E-state index in [2.05, 4.69) is 0 Å². The van der Waals surface area contributed by atoms with E-state index < -0.39 is 35.3 Å². The number of ether oxygens (including phenoxy) is 4. The number of hydrogen-bond acceptors (Lipinski definition) is 6. The molecule has 1 heterocycles. The van der Waals surface area contributed by atoms with Crippen LogP contribution in [0, 0.1) is 11.3 Å². The molecule has 1 saturated heterocycles. The number of carbonyl (C=O) groups is 2. The summed E-state index contributed by atoms with van der Waals surface area (Å²) in [4.78, 5) is 26.5. The van der Waals surface area contributed by atoms with Crippen molar-refractivity contribution in [2.24, 2.45) is 11.3 Å². The molecule has 0 amide bonds. The van der Waals surface area contributed by atoms with Crippen LogP contribution in [0.15, 0.2) is 97.1 Å². The van der Waals surface area contributed by atoms with Crippen LogP contribution in [0.5, 0.6) is 0 Å². The SMILES string of the molecule is COC(=O)C1(C(=O)OC)C[C@H]2[C@@H](c3ccccc3)O[C@@H](c3ccccc3)O[C@@]2(/C=C/c2ccccc2)C1. The fourth-order valence-corrected chi connectivity index (χ4v) is 5.69. The van der Waals surface area contributed by atoms with Gasteiger partial charge in [0.25, 0.3) is 0 Å². The Bertz CT molecular complexity index is 1240. The number of methoxy groups -OCH3 is 2. The van der Waals surface area contributed by atoms with Gasteiger partial charge < -0.3 is 18.9 Å². The van der Waals surface area contributed by atoms with Crippen LogP contribution in [-0.2, 0) is 28.5 Å². The van der Waals surface area contributed by atoms with E-state index in [1.165, 1.54) is 14.2 Å². The molecule has 0 aromatic heterocycles. The Balaban J connectivity index is 1.68. The van der Waals surface area contributed by atoms with Gasteiger partial charge >= 0.3 is 11.9 Å². The highest BCUT2D eigenvalue weighted by molar-refractivity contribution is 6.00. The molecule has 4 atom stereocenters. The summed E-state index contributed by atoms with van der Waals surface area (Å²) < 4.78 is 23.7. The normalized spacial score (nSPS) is 26.4. The molecule has 190 valence electrons. The number of hydrogen-bond donors (Lipinski definition) is 0. The molecule has 5 rings (SSSR count). The summed E-state index contributed by atoms with van der Waals surface area (Å²) in [5, 5.41) is 0. The van der Waals surface area contributed by atoms with Crippen molar-refractivity contribution in [2.75, 3.05) is 14.2 Å². The van der Waals surface area contributed by atoms with Crippen molar-refractivity contribution < 1.29 is 28.5 Å². The highest BCUT2D eigenvalue weighted by Gasteiger charge is 2.67. The average molecular weight is 499 g/mol. The minimum Gasteiger partial charge on any atom is -0.468 e. The molecule has 0 unspecified atom stereocenters. The van der Waals surface area contributed by atoms with E-state index in [1.807, 2.05) is 103 Å². The van der Waals surface area contributed by atoms with Crippen molar-refractivity contribution >= 4 is 18.0 Å². The first-order valence-corrected chi connectivity index (χ1v) is 12.4. The van der Waals surface area contributed by atoms with E-state index >= 15 is 0 Å². The second-order valence-electron chi connectivity index (χ2n) is 9.58. The molecule has 0 spiro atoms. The predicted octanol–water partition coefficient (Wildman–Crippen LogP) is 5.67. The van der Waals surface area contributed by atoms with E-state index in [1.54, 1.807) is 0 Å². The van der Waals surface area contributed by atoms with Gasteiger partial charge in [0.15, 0.2) is 11.7 Å². The predicted molar refractivity (Wildman–Crippen MR) is 138 cm³/mol. The zero-order chi connectivity index (χ0) is 25.9. The van der Waals surface area contributed by atoms with Crippen LogP contribution < -0.4 is 0 Å². The molecule has 0 radical (unpaired) electrons. The number of rotatable bonds is 6. The summed E-state index contributed by atoms with van der Waals surface area (Å²) in [5.41, 5.74) is 0.226. The van der Waals surface area contributed by atoms with Gasteiger partial charge in [-0.25, -0.2) is 0 Å². The third-order valence-corrected chi connectivity index (χ3v) is 7.45. The summed E-state index contributed by atoms with van der Waals surface area (Å²) in [6, 6.07) is 29.4. The molecule has 2 fully saturated rings. The lowest BCUT2D eigenvalue weighted by atomic mass is 9.81. The van der Waals surface area contributed by atoms with Crippen LogP contribution in [0.3, 0.4) is 0 Å². The minimum absolute atomic E-state index is 0.0728. The van der Waals surface area contributed by atoms with Crippen molar-refractivity contribution in [3.63, 3.8) is 0 Å². The average Bonchev–Trinajstić information content (AvgIpc) is 3.33. The standard InChI is InChI=1S/C31H30O6/c1-34-28(32)30(29(33)35-2)20-25-26(23-14-8-4-9-15-23)36-27(24-16-10-5-11-17-24)37-31(25,21-30)19-18-22-12-6-3-7-13-22/h3-19,25-27H,20-21H2,1-2H3/b19-18+/t25-,26+,27+,31-/m0/s1. The first-order chi connectivity index (χ1) is 18.0. The number of carbonyl (C=O) groups excluding carboxylic acids is 2. The highest BCUT2D eigenvalue weighted by atomic mass is 16.7. The lowest BCUT2D eigenvalue weighted by molar-refractivity contribution is -0.296. The van der Waals surface area contributed by atoms with Gasteiger partial charge in [-0.05, 0) is 17.5 Å². The minimum atomic E-state index is -1.53. The summed E-state index contributed by atoms with van der Waals surface area (Å²) >= 11 is 0. The van der Waals surface area contributed by atoms with E-state index in [-0.39, 0.29) is 18.8 Å². The molecule has 2 aliphatic rings. The van der Waals surface area contributed by atoms with Crippen molar-refractivity contribution in [3.05, 3.63) is 114 Å². The number of esters is 2. The van der Waals surface area contributed by atoms with Crippen molar-refractivity contribution in [2.45, 2.75) is 30.8 Å². The Labute approximate surface area is 216 Å². The monoisotopic (exact) mass is 498 g/mol. The maximum Gasteiger partial charge on any atom is 0.323 e. The van der Waals surface area contributed by atoms with Gasteiger partial charge in [0.1, 0.15) is 0 Å². The van der Waals surface area contributed by atoms with E-state index in [0.717, 1.165) is 16.7 Å². The van der Waals surface area contributed by atoms with Gasteiger partial charge in [0.05, 0.1) is 25.9 Å². The van der Waals surface area contributed by atoms with Gasteiger partial charge in [-0.3, -0.25) is 9.59 Å². The van der Waals surface area contributed by atoms with Crippen LogP contribution in [-0.4, -0.2) is 31.8 Å². The summed E-state index contributed by atoms with van der Waals surface area (Å²) in [5.74, 6) is -1.63. The number of fused-ring (bicyclic) bond motifs is 1. The van der Waals surface area contributed by atoms with Gasteiger partial charge in [-0.15, -0.1) is 0 Å². The molecular weight excluding hydrogens is 468 g/mol. The summed E-state index contributed by atoms with van der Waals surface area (Å²) in [7, 11) is 2.58. The fraction of sp³-hybridized carbons (Fsp3) is 0.290. The highest BCUT2D eigenvalue weighted by Crippen LogP contribution is 2.61. The second kappa shape index (κ2) is 10.3. The Morgan fingerprint density at radius 3 is 1.92 bits per heavy atom. The number of benzene rings is 3. The van der Waals surface area contributed by atoms with Crippen LogP contribution in [0.1, 0.15) is 41.9 Å². The van der Waals surface area contributed by atoms with Crippen LogP contribution >= 0.6 is 0 Å². The first-order valence-electron chi connectivity index (χ1n) is 12.4. The van der Waals surface area contributed by atoms with E-state index in [9.17, 15) is 9.59 Å². The zero-order valence-electron chi connectivity index (χ0n) is 20.9. The van der Waals surface area contributed by atoms with E-state index in [0.29, 0.717) is 0 Å². The molecule has 0 bridgehead atoms. The molecule has 3 aromatic carbocycles.